The van der Waals surface area contributed by atoms with Crippen LogP contribution in [0.5, 0.6) is 0 Å². The molecule has 0 amide bonds. The van der Waals surface area contributed by atoms with E-state index in [2.05, 4.69) is 30.3 Å². The van der Waals surface area contributed by atoms with E-state index in [0.717, 1.165) is 0 Å². The Morgan fingerprint density at radius 1 is 1.07 bits per heavy atom. The van der Waals surface area contributed by atoms with Gasteiger partial charge in [-0.1, -0.05) is 29.3 Å². The van der Waals surface area contributed by atoms with Gasteiger partial charge in [0.1, 0.15) is 5.82 Å². The van der Waals surface area contributed by atoms with Crippen LogP contribution in [0.15, 0.2) is 47.6 Å². The van der Waals surface area contributed by atoms with Gasteiger partial charge in [-0.2, -0.15) is 15.2 Å². The highest BCUT2D eigenvalue weighted by molar-refractivity contribution is 6.36. The number of nitrogens with one attached hydrogen (secondary N) is 1. The van der Waals surface area contributed by atoms with Crippen LogP contribution in [0, 0.1) is 11.3 Å². The molecule has 0 unspecified atom stereocenters. The summed E-state index contributed by atoms with van der Waals surface area (Å²) in [5.41, 5.74) is 10.5. The lowest BCUT2D eigenvalue weighted by Crippen LogP contribution is -2.04. The molecule has 0 bridgehead atoms. The summed E-state index contributed by atoms with van der Waals surface area (Å²) in [7, 11) is 0. The van der Waals surface area contributed by atoms with E-state index < -0.39 is 0 Å². The number of nitriles is 1. The largest absolute Gasteiger partial charge is 0.324 e. The molecule has 10 heteroatoms. The van der Waals surface area contributed by atoms with Crippen molar-refractivity contribution in [3.05, 3.63) is 79.9 Å². The summed E-state index contributed by atoms with van der Waals surface area (Å²) in [5.74, 6) is 0.440. The molecule has 0 saturated heterocycles. The van der Waals surface area contributed by atoms with Crippen molar-refractivity contribution in [3.63, 3.8) is 0 Å². The van der Waals surface area contributed by atoms with Crippen LogP contribution in [0.2, 0.25) is 10.0 Å². The molecule has 3 aromatic rings. The fourth-order valence-electron chi connectivity index (χ4n) is 2.24. The van der Waals surface area contributed by atoms with Crippen molar-refractivity contribution in [3.8, 4) is 6.07 Å². The SMILES string of the molecule is N#Cc1ccc(Nc2nc(Cc3c(Cl)cccc3Cl)nc(N=[N+]=[N-])n2)cc1. The molecular formula is C17H10Cl2N8. The maximum Gasteiger partial charge on any atom is 0.230 e. The molecule has 1 N–H and O–H groups in total. The van der Waals surface area contributed by atoms with Gasteiger partial charge in [-0.25, -0.2) is 4.98 Å². The van der Waals surface area contributed by atoms with Crippen molar-refractivity contribution in [2.24, 2.45) is 5.11 Å². The van der Waals surface area contributed by atoms with E-state index in [4.69, 9.17) is 34.0 Å². The average molecular weight is 397 g/mol. The summed E-state index contributed by atoms with van der Waals surface area (Å²) in [6, 6.07) is 13.9. The molecule has 27 heavy (non-hydrogen) atoms. The lowest BCUT2D eigenvalue weighted by molar-refractivity contribution is 0.921. The maximum absolute atomic E-state index is 8.86. The van der Waals surface area contributed by atoms with E-state index in [1.165, 1.54) is 0 Å². The number of halogens is 2. The topological polar surface area (TPSA) is 123 Å². The number of rotatable bonds is 5. The fraction of sp³-hybridized carbons (Fsp3) is 0.0588. The van der Waals surface area contributed by atoms with Gasteiger partial charge in [-0.3, -0.25) is 0 Å². The zero-order valence-electron chi connectivity index (χ0n) is 13.6. The Balaban J connectivity index is 1.94. The summed E-state index contributed by atoms with van der Waals surface area (Å²) < 4.78 is 0. The molecule has 0 atom stereocenters. The smallest absolute Gasteiger partial charge is 0.230 e. The molecule has 0 fully saturated rings. The van der Waals surface area contributed by atoms with Gasteiger partial charge in [0.25, 0.3) is 0 Å². The molecule has 0 radical (unpaired) electrons. The van der Waals surface area contributed by atoms with E-state index in [1.807, 2.05) is 6.07 Å². The molecule has 0 aliphatic rings. The Morgan fingerprint density at radius 2 is 1.78 bits per heavy atom. The zero-order chi connectivity index (χ0) is 19.2. The number of aromatic nitrogens is 3. The third-order valence-corrected chi connectivity index (χ3v) is 4.18. The van der Waals surface area contributed by atoms with Crippen LogP contribution in [0.3, 0.4) is 0 Å². The third-order valence-electron chi connectivity index (χ3n) is 3.47. The molecule has 0 spiro atoms. The Kier molecular flexibility index (Phi) is 5.69. The van der Waals surface area contributed by atoms with Crippen LogP contribution in [-0.4, -0.2) is 15.0 Å². The number of anilines is 2. The van der Waals surface area contributed by atoms with Crippen molar-refractivity contribution in [2.45, 2.75) is 6.42 Å². The quantitative estimate of drug-likeness (QED) is 0.354. The Bertz CT molecular complexity index is 1050. The normalized spacial score (nSPS) is 9.96. The van der Waals surface area contributed by atoms with E-state index in [1.54, 1.807) is 42.5 Å². The Hall–Kier alpha value is -3.37. The van der Waals surface area contributed by atoms with Gasteiger partial charge in [-0.15, -0.1) is 0 Å². The predicted octanol–water partition coefficient (Wildman–Crippen LogP) is 5.33. The first kappa shape index (κ1) is 18.4. The first-order valence-corrected chi connectivity index (χ1v) is 8.35. The molecule has 1 aromatic heterocycles. The molecule has 2 aromatic carbocycles. The van der Waals surface area contributed by atoms with E-state index >= 15 is 0 Å². The second-order valence-electron chi connectivity index (χ2n) is 5.26. The first-order valence-electron chi connectivity index (χ1n) is 7.59. The lowest BCUT2D eigenvalue weighted by Gasteiger charge is -2.09. The van der Waals surface area contributed by atoms with Gasteiger partial charge < -0.3 is 5.32 Å². The van der Waals surface area contributed by atoms with E-state index in [9.17, 15) is 0 Å². The highest BCUT2D eigenvalue weighted by atomic mass is 35.5. The minimum Gasteiger partial charge on any atom is -0.324 e. The number of benzene rings is 2. The molecule has 132 valence electrons. The predicted molar refractivity (Wildman–Crippen MR) is 102 cm³/mol. The minimum atomic E-state index is -0.0816. The van der Waals surface area contributed by atoms with Crippen LogP contribution in [0.4, 0.5) is 17.6 Å². The molecule has 0 aliphatic carbocycles. The number of azide groups is 1. The van der Waals surface area contributed by atoms with E-state index in [0.29, 0.717) is 32.7 Å². The standard InChI is InChI=1S/C17H10Cl2N8/c18-13-2-1-3-14(19)12(13)8-15-23-16(25-17(24-15)26-27-21)22-11-6-4-10(9-20)5-7-11/h1-7H,8H2,(H,22,23,24,25). The van der Waals surface area contributed by atoms with Crippen LogP contribution in [-0.2, 0) is 6.42 Å². The number of hydrogen-bond donors (Lipinski definition) is 1. The number of nitrogens with zero attached hydrogens (tertiary/aromatic N) is 7. The van der Waals surface area contributed by atoms with Crippen LogP contribution >= 0.6 is 23.2 Å². The highest BCUT2D eigenvalue weighted by Crippen LogP contribution is 2.27. The second-order valence-corrected chi connectivity index (χ2v) is 6.07. The van der Waals surface area contributed by atoms with E-state index in [-0.39, 0.29) is 18.3 Å². The molecule has 3 rings (SSSR count). The summed E-state index contributed by atoms with van der Waals surface area (Å²) in [6.45, 7) is 0. The lowest BCUT2D eigenvalue weighted by atomic mass is 10.1. The summed E-state index contributed by atoms with van der Waals surface area (Å²) in [6.07, 6.45) is 0.233. The molecule has 1 heterocycles. The first-order chi connectivity index (χ1) is 13.1. The summed E-state index contributed by atoms with van der Waals surface area (Å²) in [4.78, 5) is 15.2. The minimum absolute atomic E-state index is 0.0816. The zero-order valence-corrected chi connectivity index (χ0v) is 15.1. The van der Waals surface area contributed by atoms with Gasteiger partial charge in [-0.05, 0) is 52.6 Å². The number of hydrogen-bond acceptors (Lipinski definition) is 6. The third kappa shape index (κ3) is 4.63. The fourth-order valence-corrected chi connectivity index (χ4v) is 2.77. The van der Waals surface area contributed by atoms with Crippen molar-refractivity contribution in [1.82, 2.24) is 15.0 Å². The Labute approximate surface area is 164 Å². The maximum atomic E-state index is 8.86. The van der Waals surface area contributed by atoms with Gasteiger partial charge in [0, 0.05) is 27.1 Å². The van der Waals surface area contributed by atoms with Gasteiger partial charge in [0.05, 0.1) is 11.6 Å². The highest BCUT2D eigenvalue weighted by Gasteiger charge is 2.12. The van der Waals surface area contributed by atoms with Crippen LogP contribution in [0.25, 0.3) is 10.4 Å². The molecule has 0 aliphatic heterocycles. The molecular weight excluding hydrogens is 387 g/mol. The molecule has 8 nitrogen and oxygen atoms in total. The van der Waals surface area contributed by atoms with Crippen molar-refractivity contribution in [1.29, 1.82) is 5.26 Å². The Morgan fingerprint density at radius 3 is 2.41 bits per heavy atom. The molecule has 0 saturated carbocycles. The van der Waals surface area contributed by atoms with Gasteiger partial charge in [0.2, 0.25) is 11.9 Å². The monoisotopic (exact) mass is 396 g/mol. The second kappa shape index (κ2) is 8.34. The van der Waals surface area contributed by atoms with Gasteiger partial charge in [0.15, 0.2) is 0 Å². The summed E-state index contributed by atoms with van der Waals surface area (Å²) >= 11 is 12.4. The van der Waals surface area contributed by atoms with Crippen LogP contribution in [0.1, 0.15) is 17.0 Å². The summed E-state index contributed by atoms with van der Waals surface area (Å²) in [5, 5.41) is 16.3. The van der Waals surface area contributed by atoms with Crippen LogP contribution < -0.4 is 5.32 Å². The van der Waals surface area contributed by atoms with Crippen molar-refractivity contribution in [2.75, 3.05) is 5.32 Å². The van der Waals surface area contributed by atoms with Crippen molar-refractivity contribution < 1.29 is 0 Å². The van der Waals surface area contributed by atoms with Crippen molar-refractivity contribution >= 4 is 40.8 Å². The van der Waals surface area contributed by atoms with Gasteiger partial charge >= 0.3 is 0 Å². The average Bonchev–Trinajstić information content (AvgIpc) is 2.66.